The number of carbonyl (C=O) groups excluding carboxylic acids is 4. The highest BCUT2D eigenvalue weighted by atomic mass is 19.1. The minimum atomic E-state index is -0.751. The minimum Gasteiger partial charge on any atom is -0.481 e. The van der Waals surface area contributed by atoms with Crippen molar-refractivity contribution in [2.24, 2.45) is 23.2 Å². The van der Waals surface area contributed by atoms with Crippen molar-refractivity contribution in [3.05, 3.63) is 115 Å². The molecular formula is C104H153FN18O5. The van der Waals surface area contributed by atoms with Gasteiger partial charge in [0.1, 0.15) is 12.0 Å². The Hall–Kier alpha value is -9.35. The number of halogens is 1. The number of rotatable bonds is 27. The molecule has 696 valence electrons. The van der Waals surface area contributed by atoms with Crippen LogP contribution in [0.5, 0.6) is 5.88 Å². The van der Waals surface area contributed by atoms with Crippen LogP contribution in [0.2, 0.25) is 0 Å². The lowest BCUT2D eigenvalue weighted by molar-refractivity contribution is -0.135. The van der Waals surface area contributed by atoms with Gasteiger partial charge in [-0.2, -0.15) is 4.98 Å². The Balaban J connectivity index is 0.000000138. The predicted octanol–water partition coefficient (Wildman–Crippen LogP) is 20.7. The molecule has 4 aromatic carbocycles. The van der Waals surface area contributed by atoms with Crippen LogP contribution in [0.3, 0.4) is 0 Å². The Bertz CT molecular complexity index is 4980. The molecule has 17 rings (SSSR count). The molecule has 9 aromatic rings. The third-order valence-electron chi connectivity index (χ3n) is 29.9. The lowest BCUT2D eigenvalue weighted by atomic mass is 9.75. The standard InChI is InChI=1S/C28H38N6O2.C27H42N4O.C25H37FN4O.C24H36N4O/c1-3-33(22-11-5-4-6-12-22)26(35)16-19-34-24-14-8-7-13-23(24)30-27(34)21-10-9-18-32(20-21)28-29-17-15-25(31-28)36-2;1-5-30(22-11-7-6-8-12-22)25(32)17-20-31-24-14-10-9-13-23(24)28-26(31)29-18-15-21(16-19-29)27(2,3)4;1-3-29(21-9-5-4-6-10-21)24(31)15-18-30-23-12-8-7-11-22(23)27-25(30)28-16-13-20(14-17-28)19(2)26;1-3-27(20-9-5-4-6-10-20)23(29)15-18-28-22-12-8-7-11-21(22)25-24(28)26-16-13-19(2)14-17-26/h7-8,13-15,17,21-22H,3-6,9-12,16,18-20H2,1-2H3;9-10,13-14,21-22H,5-8,11-12,15-20H2,1-4H3;7-8,11-12,19-21H,3-6,9-10,13-18H2,1-2H3;7-8,11-12,19-20H,3-6,9-10,13-18H2,1-2H3. The average molecular weight is 1750 g/mol. The molecule has 0 N–H and O–H groups in total. The maximum atomic E-state index is 13.8. The third kappa shape index (κ3) is 23.7. The molecule has 8 fully saturated rings. The fourth-order valence-electron chi connectivity index (χ4n) is 22.4. The molecule has 4 saturated heterocycles. The second-order valence-electron chi connectivity index (χ2n) is 39.1. The number of aromatic nitrogens is 10. The highest BCUT2D eigenvalue weighted by Gasteiger charge is 2.36. The first-order valence-electron chi connectivity index (χ1n) is 50.3. The molecule has 0 spiro atoms. The number of carbonyl (C=O) groups is 4. The Kier molecular flexibility index (Phi) is 34.0. The summed E-state index contributed by atoms with van der Waals surface area (Å²) in [6.45, 7) is 33.0. The van der Waals surface area contributed by atoms with Crippen molar-refractivity contribution in [2.75, 3.05) is 105 Å². The number of hydrogen-bond acceptors (Lipinski definition) is 15. The molecule has 0 bridgehead atoms. The molecule has 5 aromatic heterocycles. The van der Waals surface area contributed by atoms with Gasteiger partial charge < -0.3 is 62.2 Å². The summed E-state index contributed by atoms with van der Waals surface area (Å²) in [5, 5.41) is 0. The zero-order valence-corrected chi connectivity index (χ0v) is 79.5. The van der Waals surface area contributed by atoms with Gasteiger partial charge in [-0.15, -0.1) is 0 Å². The molecule has 8 aliphatic rings. The van der Waals surface area contributed by atoms with Gasteiger partial charge in [0.25, 0.3) is 0 Å². The molecule has 4 aliphatic heterocycles. The van der Waals surface area contributed by atoms with Gasteiger partial charge >= 0.3 is 0 Å². The molecule has 4 aliphatic carbocycles. The van der Waals surface area contributed by atoms with Crippen molar-refractivity contribution < 1.29 is 28.3 Å². The zero-order valence-electron chi connectivity index (χ0n) is 79.5. The molecule has 0 radical (unpaired) electrons. The summed E-state index contributed by atoms with van der Waals surface area (Å²) in [5.74, 6) is 8.42. The van der Waals surface area contributed by atoms with Crippen LogP contribution in [-0.2, 0) is 45.4 Å². The van der Waals surface area contributed by atoms with Crippen molar-refractivity contribution >= 4 is 91.6 Å². The van der Waals surface area contributed by atoms with E-state index in [0.717, 1.165) is 210 Å². The Morgan fingerprint density at radius 2 is 0.742 bits per heavy atom. The monoisotopic (exact) mass is 1750 g/mol. The Labute approximate surface area is 763 Å². The van der Waals surface area contributed by atoms with Crippen LogP contribution in [0.4, 0.5) is 28.2 Å². The maximum Gasteiger partial charge on any atom is 0.228 e. The summed E-state index contributed by atoms with van der Waals surface area (Å²) in [7, 11) is 1.63. The quantitative estimate of drug-likeness (QED) is 0.0470. The summed E-state index contributed by atoms with van der Waals surface area (Å²) in [6.07, 6.45) is 36.2. The number of benzene rings is 4. The van der Waals surface area contributed by atoms with Crippen molar-refractivity contribution in [3.8, 4) is 5.88 Å². The fourth-order valence-corrected chi connectivity index (χ4v) is 22.4. The largest absolute Gasteiger partial charge is 0.481 e. The molecule has 4 saturated carbocycles. The first kappa shape index (κ1) is 94.8. The number of hydrogen-bond donors (Lipinski definition) is 0. The van der Waals surface area contributed by atoms with Crippen LogP contribution >= 0.6 is 0 Å². The number of anilines is 4. The summed E-state index contributed by atoms with van der Waals surface area (Å²) in [5.41, 5.74) is 8.87. The van der Waals surface area contributed by atoms with E-state index in [4.69, 9.17) is 24.7 Å². The van der Waals surface area contributed by atoms with Crippen LogP contribution in [-0.4, -0.2) is 207 Å². The van der Waals surface area contributed by atoms with E-state index in [1.165, 1.54) is 128 Å². The Morgan fingerprint density at radius 1 is 0.406 bits per heavy atom. The highest BCUT2D eigenvalue weighted by molar-refractivity contribution is 5.84. The normalized spacial score (nSPS) is 19.1. The van der Waals surface area contributed by atoms with Gasteiger partial charge in [0.05, 0.1) is 51.2 Å². The van der Waals surface area contributed by atoms with Gasteiger partial charge in [-0.05, 0) is 209 Å². The lowest BCUT2D eigenvalue weighted by Crippen LogP contribution is -2.42. The third-order valence-corrected chi connectivity index (χ3v) is 29.9. The van der Waals surface area contributed by atoms with E-state index in [2.05, 4.69) is 196 Å². The summed E-state index contributed by atoms with van der Waals surface area (Å²) >= 11 is 0. The number of imidazole rings is 4. The van der Waals surface area contributed by atoms with Crippen LogP contribution < -0.4 is 24.3 Å². The van der Waals surface area contributed by atoms with Crippen molar-refractivity contribution in [3.63, 3.8) is 0 Å². The number of nitrogens with zero attached hydrogens (tertiary/aromatic N) is 18. The fraction of sp³-hybridized carbons (Fsp3) is 0.654. The van der Waals surface area contributed by atoms with E-state index in [1.807, 2.05) is 24.3 Å². The van der Waals surface area contributed by atoms with E-state index in [9.17, 15) is 23.6 Å². The van der Waals surface area contributed by atoms with Gasteiger partial charge in [-0.3, -0.25) is 19.2 Å². The van der Waals surface area contributed by atoms with Crippen LogP contribution in [0.25, 0.3) is 44.1 Å². The van der Waals surface area contributed by atoms with Crippen LogP contribution in [0, 0.1) is 23.2 Å². The van der Waals surface area contributed by atoms with Crippen molar-refractivity contribution in [1.82, 2.24) is 67.8 Å². The number of ether oxygens (including phenoxy) is 1. The summed E-state index contributed by atoms with van der Waals surface area (Å²) in [4.78, 5) is 99.7. The molecule has 4 amide bonds. The van der Waals surface area contributed by atoms with Crippen LogP contribution in [0.15, 0.2) is 109 Å². The second kappa shape index (κ2) is 46.0. The van der Waals surface area contributed by atoms with Crippen LogP contribution in [0.1, 0.15) is 280 Å². The first-order valence-corrected chi connectivity index (χ1v) is 50.3. The van der Waals surface area contributed by atoms with Gasteiger partial charge in [-0.1, -0.05) is 153 Å². The number of para-hydroxylation sites is 8. The van der Waals surface area contributed by atoms with E-state index >= 15 is 0 Å². The molecular weight excluding hydrogens is 1600 g/mol. The predicted molar refractivity (Wildman–Crippen MR) is 518 cm³/mol. The Morgan fingerprint density at radius 3 is 1.09 bits per heavy atom. The van der Waals surface area contributed by atoms with Gasteiger partial charge in [0, 0.05) is 173 Å². The topological polar surface area (TPSA) is 200 Å². The molecule has 2 atom stereocenters. The minimum absolute atomic E-state index is 0.143. The average Bonchev–Trinajstić information content (AvgIpc) is 1.65. The second-order valence-corrected chi connectivity index (χ2v) is 39.1. The van der Waals surface area contributed by atoms with E-state index in [0.29, 0.717) is 105 Å². The number of piperidine rings is 4. The van der Waals surface area contributed by atoms with Crippen molar-refractivity contribution in [2.45, 2.75) is 330 Å². The number of amides is 4. The molecule has 24 heteroatoms. The summed E-state index contributed by atoms with van der Waals surface area (Å²) < 4.78 is 28.2. The lowest BCUT2D eigenvalue weighted by Gasteiger charge is -2.39. The molecule has 9 heterocycles. The van der Waals surface area contributed by atoms with E-state index in [-0.39, 0.29) is 23.7 Å². The van der Waals surface area contributed by atoms with Gasteiger partial charge in [0.2, 0.25) is 53.3 Å². The first-order chi connectivity index (χ1) is 62.3. The number of aryl methyl sites for hydroxylation is 4. The van der Waals surface area contributed by atoms with Gasteiger partial charge in [-0.25, -0.2) is 29.3 Å². The van der Waals surface area contributed by atoms with Gasteiger partial charge in [0.15, 0.2) is 0 Å². The molecule has 23 nitrogen and oxygen atoms in total. The summed E-state index contributed by atoms with van der Waals surface area (Å²) in [6, 6.07) is 36.7. The smallest absolute Gasteiger partial charge is 0.228 e. The van der Waals surface area contributed by atoms with Crippen molar-refractivity contribution in [1.29, 1.82) is 0 Å². The van der Waals surface area contributed by atoms with E-state index < -0.39 is 6.17 Å². The van der Waals surface area contributed by atoms with E-state index in [1.54, 1.807) is 26.3 Å². The molecule has 128 heavy (non-hydrogen) atoms. The highest BCUT2D eigenvalue weighted by Crippen LogP contribution is 2.39. The SMILES string of the molecule is CCN(C(=O)CCn1c(C2CCCN(c3nccc(OC)n3)C2)nc2ccccc21)C1CCCCC1.CCN(C(=O)CCn1c(N2CCC(C(C)(C)C)CC2)nc2ccccc21)C1CCCCC1.CCN(C(=O)CCn1c(N2CCC(C(C)F)CC2)nc2ccccc21)C1CCCCC1.CCN(C(=O)CCn1c(N2CCC(C)CC2)nc2ccccc21)C1CCCCC1. The zero-order chi connectivity index (χ0) is 89.6. The molecule has 2 unspecified atom stereocenters. The maximum absolute atomic E-state index is 13.8. The number of alkyl halides is 1. The number of methoxy groups -OCH3 is 1. The number of fused-ring (bicyclic) bond motifs is 4.